The largest absolute Gasteiger partial charge is 0.354 e. The van der Waals surface area contributed by atoms with E-state index < -0.39 is 0 Å². The molecule has 0 aliphatic carbocycles. The molecule has 1 saturated heterocycles. The van der Waals surface area contributed by atoms with Crippen LogP contribution in [0.1, 0.15) is 29.5 Å². The number of amides is 1. The zero-order valence-corrected chi connectivity index (χ0v) is 17.2. The monoisotopic (exact) mass is 407 g/mol. The molecule has 1 unspecified atom stereocenters. The van der Waals surface area contributed by atoms with E-state index in [2.05, 4.69) is 39.5 Å². The van der Waals surface area contributed by atoms with E-state index in [1.807, 2.05) is 42.6 Å². The lowest BCUT2D eigenvalue weighted by atomic mass is 10.0. The highest BCUT2D eigenvalue weighted by molar-refractivity contribution is 6.31. The number of carbonyl (C=O) groups excluding carboxylic acids is 1. The summed E-state index contributed by atoms with van der Waals surface area (Å²) < 4.78 is 0. The number of rotatable bonds is 7. The number of hydrogen-bond acceptors (Lipinski definition) is 2. The minimum absolute atomic E-state index is 0.111. The van der Waals surface area contributed by atoms with Gasteiger partial charge in [-0.2, -0.15) is 0 Å². The number of halogens is 1. The average Bonchev–Trinajstić information content (AvgIpc) is 3.22. The second-order valence-corrected chi connectivity index (χ2v) is 7.95. The molecule has 1 atom stereocenters. The van der Waals surface area contributed by atoms with Crippen LogP contribution in [0.3, 0.4) is 0 Å². The molecule has 4 rings (SSSR count). The van der Waals surface area contributed by atoms with Gasteiger partial charge in [0.05, 0.1) is 0 Å². The van der Waals surface area contributed by atoms with E-state index in [1.54, 1.807) is 0 Å². The maximum absolute atomic E-state index is 12.6. The lowest BCUT2D eigenvalue weighted by Gasteiger charge is -2.34. The van der Waals surface area contributed by atoms with E-state index in [0.717, 1.165) is 48.6 Å². The summed E-state index contributed by atoms with van der Waals surface area (Å²) in [6.45, 7) is 1.46. The quantitative estimate of drug-likeness (QED) is 0.594. The fourth-order valence-corrected chi connectivity index (χ4v) is 4.14. The summed E-state index contributed by atoms with van der Waals surface area (Å²) in [5.74, 6) is 1.10. The summed E-state index contributed by atoms with van der Waals surface area (Å²) in [4.78, 5) is 18.2. The standard InChI is InChI=1S/C24H26ClN3O/c25-21-10-5-4-9-20(21)13-12-19-15-23(27-16-19)28(17-18-7-2-1-3-8-18)22-11-6-14-26-24(22)29/h1-5,7-10,15-16,22,27H,6,11-14,17H2,(H,26,29). The molecular formula is C24H26ClN3O. The zero-order chi connectivity index (χ0) is 20.1. The minimum Gasteiger partial charge on any atom is -0.354 e. The van der Waals surface area contributed by atoms with Crippen LogP contribution in [-0.4, -0.2) is 23.5 Å². The van der Waals surface area contributed by atoms with Gasteiger partial charge in [0.15, 0.2) is 0 Å². The Kier molecular flexibility index (Phi) is 6.20. The summed E-state index contributed by atoms with van der Waals surface area (Å²) in [7, 11) is 0. The molecular weight excluding hydrogens is 382 g/mol. The van der Waals surface area contributed by atoms with Crippen molar-refractivity contribution in [1.29, 1.82) is 0 Å². The fraction of sp³-hybridized carbons (Fsp3) is 0.292. The van der Waals surface area contributed by atoms with E-state index >= 15 is 0 Å². The van der Waals surface area contributed by atoms with Crippen LogP contribution in [0.4, 0.5) is 5.82 Å². The van der Waals surface area contributed by atoms with Crippen molar-refractivity contribution in [2.75, 3.05) is 11.4 Å². The molecule has 1 aromatic heterocycles. The Morgan fingerprint density at radius 3 is 2.59 bits per heavy atom. The summed E-state index contributed by atoms with van der Waals surface area (Å²) >= 11 is 6.29. The van der Waals surface area contributed by atoms with E-state index in [-0.39, 0.29) is 11.9 Å². The van der Waals surface area contributed by atoms with Gasteiger partial charge in [-0.1, -0.05) is 60.1 Å². The normalized spacial score (nSPS) is 16.4. The van der Waals surface area contributed by atoms with E-state index in [9.17, 15) is 4.79 Å². The van der Waals surface area contributed by atoms with Crippen molar-refractivity contribution in [2.45, 2.75) is 38.3 Å². The number of nitrogens with one attached hydrogen (secondary N) is 2. The van der Waals surface area contributed by atoms with Crippen LogP contribution in [-0.2, 0) is 24.2 Å². The molecule has 1 fully saturated rings. The van der Waals surface area contributed by atoms with Crippen molar-refractivity contribution in [1.82, 2.24) is 10.3 Å². The summed E-state index contributed by atoms with van der Waals surface area (Å²) in [6.07, 6.45) is 5.70. The van der Waals surface area contributed by atoms with Crippen molar-refractivity contribution in [3.8, 4) is 0 Å². The molecule has 0 bridgehead atoms. The first kappa shape index (κ1) is 19.6. The van der Waals surface area contributed by atoms with Crippen LogP contribution in [0, 0.1) is 0 Å². The van der Waals surface area contributed by atoms with E-state index in [0.29, 0.717) is 6.54 Å². The number of carbonyl (C=O) groups is 1. The van der Waals surface area contributed by atoms with Crippen molar-refractivity contribution < 1.29 is 4.79 Å². The molecule has 2 N–H and O–H groups in total. The van der Waals surface area contributed by atoms with Gasteiger partial charge in [-0.25, -0.2) is 0 Å². The highest BCUT2D eigenvalue weighted by atomic mass is 35.5. The van der Waals surface area contributed by atoms with E-state index in [1.165, 1.54) is 11.1 Å². The SMILES string of the molecule is O=C1NCCCC1N(Cc1ccccc1)c1cc(CCc2ccccc2Cl)c[nH]1. The number of H-pyrrole nitrogens is 1. The Morgan fingerprint density at radius 1 is 1.00 bits per heavy atom. The Labute approximate surface area is 176 Å². The van der Waals surface area contributed by atoms with E-state index in [4.69, 9.17) is 11.6 Å². The molecule has 1 aliphatic rings. The first-order chi connectivity index (χ1) is 14.2. The average molecular weight is 408 g/mol. The molecule has 5 heteroatoms. The topological polar surface area (TPSA) is 48.1 Å². The molecule has 0 saturated carbocycles. The Bertz CT molecular complexity index is 954. The third-order valence-electron chi connectivity index (χ3n) is 5.51. The fourth-order valence-electron chi connectivity index (χ4n) is 3.91. The molecule has 150 valence electrons. The van der Waals surface area contributed by atoms with Crippen molar-refractivity contribution in [3.63, 3.8) is 0 Å². The van der Waals surface area contributed by atoms with Gasteiger partial charge in [0.1, 0.15) is 11.9 Å². The molecule has 2 aromatic carbocycles. The molecule has 1 amide bonds. The van der Waals surface area contributed by atoms with Gasteiger partial charge < -0.3 is 15.2 Å². The van der Waals surface area contributed by atoms with Crippen molar-refractivity contribution >= 4 is 23.3 Å². The highest BCUT2D eigenvalue weighted by Gasteiger charge is 2.29. The lowest BCUT2D eigenvalue weighted by Crippen LogP contribution is -2.50. The van der Waals surface area contributed by atoms with Crippen LogP contribution >= 0.6 is 11.6 Å². The number of anilines is 1. The summed E-state index contributed by atoms with van der Waals surface area (Å²) in [5, 5.41) is 3.83. The second kappa shape index (κ2) is 9.19. The predicted molar refractivity (Wildman–Crippen MR) is 118 cm³/mol. The summed E-state index contributed by atoms with van der Waals surface area (Å²) in [6, 6.07) is 20.3. The molecule has 3 aromatic rings. The second-order valence-electron chi connectivity index (χ2n) is 7.55. The zero-order valence-electron chi connectivity index (χ0n) is 16.4. The maximum Gasteiger partial charge on any atom is 0.242 e. The van der Waals surface area contributed by atoms with Crippen LogP contribution < -0.4 is 10.2 Å². The number of piperidine rings is 1. The maximum atomic E-state index is 12.6. The molecule has 4 nitrogen and oxygen atoms in total. The lowest BCUT2D eigenvalue weighted by molar-refractivity contribution is -0.123. The minimum atomic E-state index is -0.154. The predicted octanol–water partition coefficient (Wildman–Crippen LogP) is 4.74. The van der Waals surface area contributed by atoms with Crippen molar-refractivity contribution in [3.05, 3.63) is 88.6 Å². The highest BCUT2D eigenvalue weighted by Crippen LogP contribution is 2.25. The van der Waals surface area contributed by atoms with Crippen LogP contribution in [0.5, 0.6) is 0 Å². The Hall–Kier alpha value is -2.72. The summed E-state index contributed by atoms with van der Waals surface area (Å²) in [5.41, 5.74) is 3.57. The van der Waals surface area contributed by atoms with Gasteiger partial charge in [-0.15, -0.1) is 0 Å². The smallest absolute Gasteiger partial charge is 0.242 e. The number of aryl methyl sites for hydroxylation is 2. The van der Waals surface area contributed by atoms with Crippen molar-refractivity contribution in [2.24, 2.45) is 0 Å². The molecule has 2 heterocycles. The number of aromatic nitrogens is 1. The Balaban J connectivity index is 1.53. The number of nitrogens with zero attached hydrogens (tertiary/aromatic N) is 1. The molecule has 0 radical (unpaired) electrons. The van der Waals surface area contributed by atoms with Gasteiger partial charge in [0.25, 0.3) is 0 Å². The van der Waals surface area contributed by atoms with Crippen LogP contribution in [0.15, 0.2) is 66.9 Å². The molecule has 29 heavy (non-hydrogen) atoms. The van der Waals surface area contributed by atoms with Crippen LogP contribution in [0.25, 0.3) is 0 Å². The first-order valence-corrected chi connectivity index (χ1v) is 10.6. The van der Waals surface area contributed by atoms with Gasteiger partial charge >= 0.3 is 0 Å². The third kappa shape index (κ3) is 4.83. The Morgan fingerprint density at radius 2 is 1.79 bits per heavy atom. The number of aromatic amines is 1. The number of hydrogen-bond donors (Lipinski definition) is 2. The molecule has 1 aliphatic heterocycles. The van der Waals surface area contributed by atoms with Gasteiger partial charge in [0, 0.05) is 24.3 Å². The van der Waals surface area contributed by atoms with Gasteiger partial charge in [0.2, 0.25) is 5.91 Å². The first-order valence-electron chi connectivity index (χ1n) is 10.2. The number of benzene rings is 2. The van der Waals surface area contributed by atoms with Gasteiger partial charge in [-0.3, -0.25) is 4.79 Å². The molecule has 0 spiro atoms. The third-order valence-corrected chi connectivity index (χ3v) is 5.87. The van der Waals surface area contributed by atoms with Gasteiger partial charge in [-0.05, 0) is 54.5 Å². The van der Waals surface area contributed by atoms with Crippen LogP contribution in [0.2, 0.25) is 5.02 Å².